The molecule has 1 aromatic rings. The normalized spacial score (nSPS) is 13.9. The van der Waals surface area contributed by atoms with E-state index in [-0.39, 0.29) is 12.6 Å². The standard InChI is InChI=1S/C22H36N2O4/c1-7-9-10-13-19(25)27-17-22(8-2,23-20(26)28-21(3,4)5)15-14-18-12-11-16-24(18)6/h11-12,14-16H,7-10,13,17H2,1-6H3,(H,23,26)/b15-14+/t22-/m1/s1. The number of carbonyl (C=O) groups excluding carboxylic acids is 2. The van der Waals surface area contributed by atoms with E-state index >= 15 is 0 Å². The number of alkyl carbamates (subject to hydrolysis) is 1. The molecule has 1 aromatic heterocycles. The summed E-state index contributed by atoms with van der Waals surface area (Å²) >= 11 is 0. The second-order valence-corrected chi connectivity index (χ2v) is 8.13. The third-order valence-electron chi connectivity index (χ3n) is 4.41. The molecule has 0 aliphatic rings. The summed E-state index contributed by atoms with van der Waals surface area (Å²) in [4.78, 5) is 24.5. The Morgan fingerprint density at radius 1 is 1.21 bits per heavy atom. The summed E-state index contributed by atoms with van der Waals surface area (Å²) in [6.07, 6.45) is 9.01. The first-order valence-corrected chi connectivity index (χ1v) is 10.1. The Morgan fingerprint density at radius 3 is 2.46 bits per heavy atom. The summed E-state index contributed by atoms with van der Waals surface area (Å²) in [5, 5.41) is 2.91. The minimum Gasteiger partial charge on any atom is -0.463 e. The number of ether oxygens (including phenoxy) is 2. The minimum atomic E-state index is -0.840. The van der Waals surface area contributed by atoms with Gasteiger partial charge in [-0.1, -0.05) is 32.8 Å². The van der Waals surface area contributed by atoms with E-state index in [0.29, 0.717) is 12.8 Å². The van der Waals surface area contributed by atoms with Crippen molar-refractivity contribution in [1.29, 1.82) is 0 Å². The number of aryl methyl sites for hydroxylation is 1. The number of amides is 1. The molecule has 0 spiro atoms. The van der Waals surface area contributed by atoms with Crippen LogP contribution in [0.15, 0.2) is 24.4 Å². The Balaban J connectivity index is 2.92. The number of rotatable bonds is 10. The molecule has 0 fully saturated rings. The lowest BCUT2D eigenvalue weighted by Gasteiger charge is -2.31. The van der Waals surface area contributed by atoms with Crippen LogP contribution in [0.1, 0.15) is 72.4 Å². The number of hydrogen-bond acceptors (Lipinski definition) is 4. The maximum atomic E-state index is 12.4. The van der Waals surface area contributed by atoms with Gasteiger partial charge in [-0.05, 0) is 51.8 Å². The zero-order valence-corrected chi connectivity index (χ0v) is 18.2. The zero-order chi connectivity index (χ0) is 21.2. The van der Waals surface area contributed by atoms with E-state index in [4.69, 9.17) is 9.47 Å². The fraction of sp³-hybridized carbons (Fsp3) is 0.636. The fourth-order valence-corrected chi connectivity index (χ4v) is 2.63. The molecular weight excluding hydrogens is 356 g/mol. The molecule has 1 amide bonds. The predicted octanol–water partition coefficient (Wildman–Crippen LogP) is 4.84. The number of nitrogens with zero attached hydrogens (tertiary/aromatic N) is 1. The molecule has 0 aromatic carbocycles. The minimum absolute atomic E-state index is 0.0641. The average molecular weight is 393 g/mol. The molecule has 0 saturated heterocycles. The Bertz CT molecular complexity index is 658. The lowest BCUT2D eigenvalue weighted by molar-refractivity contribution is -0.145. The van der Waals surface area contributed by atoms with Crippen LogP contribution in [0.5, 0.6) is 0 Å². The van der Waals surface area contributed by atoms with Gasteiger partial charge >= 0.3 is 12.1 Å². The van der Waals surface area contributed by atoms with Crippen molar-refractivity contribution in [1.82, 2.24) is 9.88 Å². The molecule has 1 heterocycles. The monoisotopic (exact) mass is 392 g/mol. The van der Waals surface area contributed by atoms with Gasteiger partial charge in [-0.25, -0.2) is 4.79 Å². The summed E-state index contributed by atoms with van der Waals surface area (Å²) in [6.45, 7) is 9.54. The SMILES string of the molecule is CCCCCC(=O)OC[C@](/C=C/c1cccn1C)(CC)NC(=O)OC(C)(C)C. The van der Waals surface area contributed by atoms with Crippen molar-refractivity contribution >= 4 is 18.1 Å². The van der Waals surface area contributed by atoms with Gasteiger partial charge in [0.05, 0.1) is 5.54 Å². The van der Waals surface area contributed by atoms with Gasteiger partial charge in [-0.2, -0.15) is 0 Å². The zero-order valence-electron chi connectivity index (χ0n) is 18.2. The van der Waals surface area contributed by atoms with Crippen LogP contribution in [-0.2, 0) is 21.3 Å². The van der Waals surface area contributed by atoms with Gasteiger partial charge in [0.15, 0.2) is 0 Å². The van der Waals surface area contributed by atoms with Gasteiger partial charge in [0.25, 0.3) is 0 Å². The van der Waals surface area contributed by atoms with Gasteiger partial charge in [-0.3, -0.25) is 4.79 Å². The fourth-order valence-electron chi connectivity index (χ4n) is 2.63. The van der Waals surface area contributed by atoms with Crippen molar-refractivity contribution in [2.24, 2.45) is 7.05 Å². The first-order chi connectivity index (χ1) is 13.1. The van der Waals surface area contributed by atoms with Crippen LogP contribution in [-0.4, -0.2) is 34.4 Å². The molecule has 158 valence electrons. The van der Waals surface area contributed by atoms with E-state index in [1.807, 2.05) is 69.8 Å². The van der Waals surface area contributed by atoms with E-state index in [2.05, 4.69) is 12.2 Å². The van der Waals surface area contributed by atoms with Gasteiger partial charge < -0.3 is 19.4 Å². The van der Waals surface area contributed by atoms with Crippen LogP contribution in [0, 0.1) is 0 Å². The van der Waals surface area contributed by atoms with Crippen LogP contribution in [0.2, 0.25) is 0 Å². The number of esters is 1. The maximum Gasteiger partial charge on any atom is 0.408 e. The molecule has 0 saturated carbocycles. The number of aromatic nitrogens is 1. The van der Waals surface area contributed by atoms with Crippen LogP contribution < -0.4 is 5.32 Å². The molecule has 1 N–H and O–H groups in total. The van der Waals surface area contributed by atoms with E-state index < -0.39 is 17.2 Å². The Kier molecular flexibility index (Phi) is 9.29. The first-order valence-electron chi connectivity index (χ1n) is 10.1. The molecule has 28 heavy (non-hydrogen) atoms. The van der Waals surface area contributed by atoms with E-state index in [0.717, 1.165) is 25.0 Å². The van der Waals surface area contributed by atoms with E-state index in [9.17, 15) is 9.59 Å². The topological polar surface area (TPSA) is 69.6 Å². The predicted molar refractivity (Wildman–Crippen MR) is 112 cm³/mol. The molecular formula is C22H36N2O4. The van der Waals surface area contributed by atoms with Crippen molar-refractivity contribution < 1.29 is 19.1 Å². The van der Waals surface area contributed by atoms with Crippen molar-refractivity contribution in [2.75, 3.05) is 6.61 Å². The molecule has 1 rings (SSSR count). The van der Waals surface area contributed by atoms with Gasteiger partial charge in [0.2, 0.25) is 0 Å². The number of unbranched alkanes of at least 4 members (excludes halogenated alkanes) is 2. The van der Waals surface area contributed by atoms with Crippen molar-refractivity contribution in [3.63, 3.8) is 0 Å². The highest BCUT2D eigenvalue weighted by molar-refractivity contribution is 5.71. The summed E-state index contributed by atoms with van der Waals surface area (Å²) in [7, 11) is 1.95. The molecule has 6 nitrogen and oxygen atoms in total. The first kappa shape index (κ1) is 23.8. The number of carbonyl (C=O) groups is 2. The van der Waals surface area contributed by atoms with Crippen LogP contribution in [0.25, 0.3) is 6.08 Å². The Hall–Kier alpha value is -2.24. The van der Waals surface area contributed by atoms with Gasteiger partial charge in [0.1, 0.15) is 12.2 Å². The molecule has 0 bridgehead atoms. The summed E-state index contributed by atoms with van der Waals surface area (Å²) < 4.78 is 12.9. The van der Waals surface area contributed by atoms with Crippen molar-refractivity contribution in [3.8, 4) is 0 Å². The maximum absolute atomic E-state index is 12.4. The second kappa shape index (κ2) is 10.9. The van der Waals surface area contributed by atoms with E-state index in [1.54, 1.807) is 0 Å². The highest BCUT2D eigenvalue weighted by atomic mass is 16.6. The third kappa shape index (κ3) is 8.63. The van der Waals surface area contributed by atoms with Gasteiger partial charge in [0, 0.05) is 25.4 Å². The second-order valence-electron chi connectivity index (χ2n) is 8.13. The van der Waals surface area contributed by atoms with E-state index in [1.165, 1.54) is 0 Å². The lowest BCUT2D eigenvalue weighted by Crippen LogP contribution is -2.51. The van der Waals surface area contributed by atoms with Crippen molar-refractivity contribution in [3.05, 3.63) is 30.1 Å². The van der Waals surface area contributed by atoms with Crippen LogP contribution in [0.4, 0.5) is 4.79 Å². The highest BCUT2D eigenvalue weighted by Crippen LogP contribution is 2.18. The summed E-state index contributed by atoms with van der Waals surface area (Å²) in [5.74, 6) is -0.246. The quantitative estimate of drug-likeness (QED) is 0.457. The smallest absolute Gasteiger partial charge is 0.408 e. The summed E-state index contributed by atoms with van der Waals surface area (Å²) in [6, 6.07) is 3.92. The molecule has 0 aliphatic heterocycles. The summed E-state index contributed by atoms with van der Waals surface area (Å²) in [5.41, 5.74) is -0.465. The molecule has 0 unspecified atom stereocenters. The van der Waals surface area contributed by atoms with Crippen molar-refractivity contribution in [2.45, 2.75) is 77.9 Å². The Morgan fingerprint density at radius 2 is 1.93 bits per heavy atom. The average Bonchev–Trinajstić information content (AvgIpc) is 3.01. The molecule has 0 radical (unpaired) electrons. The largest absolute Gasteiger partial charge is 0.463 e. The van der Waals surface area contributed by atoms with Crippen LogP contribution >= 0.6 is 0 Å². The molecule has 1 atom stereocenters. The lowest BCUT2D eigenvalue weighted by atomic mass is 9.96. The molecule has 6 heteroatoms. The Labute approximate surface area is 169 Å². The highest BCUT2D eigenvalue weighted by Gasteiger charge is 2.31. The third-order valence-corrected chi connectivity index (χ3v) is 4.41. The van der Waals surface area contributed by atoms with Gasteiger partial charge in [-0.15, -0.1) is 0 Å². The van der Waals surface area contributed by atoms with Crippen LogP contribution in [0.3, 0.4) is 0 Å². The molecule has 0 aliphatic carbocycles. The number of nitrogens with one attached hydrogen (secondary N) is 1. The number of hydrogen-bond donors (Lipinski definition) is 1.